The van der Waals surface area contributed by atoms with Crippen molar-refractivity contribution in [1.82, 2.24) is 9.78 Å². The van der Waals surface area contributed by atoms with E-state index < -0.39 is 0 Å². The third kappa shape index (κ3) is 3.12. The summed E-state index contributed by atoms with van der Waals surface area (Å²) >= 11 is 6.09. The number of aryl methyl sites for hydroxylation is 1. The molecule has 3 atom stereocenters. The van der Waals surface area contributed by atoms with Crippen molar-refractivity contribution in [3.05, 3.63) is 12.4 Å². The molecule has 0 aromatic carbocycles. The molecule has 1 aromatic rings. The first kappa shape index (κ1) is 12.7. The summed E-state index contributed by atoms with van der Waals surface area (Å²) in [4.78, 5) is 0. The van der Waals surface area contributed by atoms with E-state index in [0.717, 1.165) is 12.2 Å². The van der Waals surface area contributed by atoms with Crippen molar-refractivity contribution >= 4 is 11.6 Å². The van der Waals surface area contributed by atoms with Gasteiger partial charge in [0.05, 0.1) is 31.0 Å². The Morgan fingerprint density at radius 3 is 2.94 bits per heavy atom. The maximum absolute atomic E-state index is 6.09. The van der Waals surface area contributed by atoms with E-state index in [4.69, 9.17) is 25.8 Å². The summed E-state index contributed by atoms with van der Waals surface area (Å²) in [6.45, 7) is 1.11. The number of hydrogen-bond donors (Lipinski definition) is 0. The topological polar surface area (TPSA) is 45.5 Å². The highest BCUT2D eigenvalue weighted by molar-refractivity contribution is 6.21. The normalized spacial score (nSPS) is 27.8. The lowest BCUT2D eigenvalue weighted by Crippen LogP contribution is -2.53. The minimum Gasteiger partial charge on any atom is -0.484 e. The minimum absolute atomic E-state index is 0.0126. The van der Waals surface area contributed by atoms with Gasteiger partial charge in [-0.15, -0.1) is 11.6 Å². The average Bonchev–Trinajstić information content (AvgIpc) is 2.70. The van der Waals surface area contributed by atoms with E-state index >= 15 is 0 Å². The second-order valence-electron chi connectivity index (χ2n) is 4.09. The minimum atomic E-state index is -0.0629. The van der Waals surface area contributed by atoms with Crippen molar-refractivity contribution < 1.29 is 14.2 Å². The summed E-state index contributed by atoms with van der Waals surface area (Å²) in [5, 5.41) is 4.07. The lowest BCUT2D eigenvalue weighted by Gasteiger charge is -2.40. The predicted octanol–water partition coefficient (Wildman–Crippen LogP) is 1.21. The quantitative estimate of drug-likeness (QED) is 0.570. The molecule has 1 aliphatic carbocycles. The fourth-order valence-electron chi connectivity index (χ4n) is 1.76. The van der Waals surface area contributed by atoms with E-state index in [1.165, 1.54) is 0 Å². The number of hydrogen-bond acceptors (Lipinski definition) is 4. The van der Waals surface area contributed by atoms with E-state index in [1.807, 2.05) is 13.2 Å². The van der Waals surface area contributed by atoms with Gasteiger partial charge in [-0.25, -0.2) is 0 Å². The Labute approximate surface area is 106 Å². The zero-order valence-electron chi connectivity index (χ0n) is 10.0. The van der Waals surface area contributed by atoms with Crippen LogP contribution in [0.15, 0.2) is 12.4 Å². The Kier molecular flexibility index (Phi) is 4.25. The third-order valence-corrected chi connectivity index (χ3v) is 3.17. The highest BCUT2D eigenvalue weighted by Gasteiger charge is 2.42. The number of methoxy groups -OCH3 is 1. The second kappa shape index (κ2) is 5.71. The molecule has 5 nitrogen and oxygen atoms in total. The van der Waals surface area contributed by atoms with E-state index in [9.17, 15) is 0 Å². The second-order valence-corrected chi connectivity index (χ2v) is 4.65. The van der Waals surface area contributed by atoms with Crippen LogP contribution >= 0.6 is 11.6 Å². The highest BCUT2D eigenvalue weighted by atomic mass is 35.5. The molecule has 0 N–H and O–H groups in total. The molecule has 1 fully saturated rings. The van der Waals surface area contributed by atoms with Crippen LogP contribution in [0.25, 0.3) is 0 Å². The number of aromatic nitrogens is 2. The monoisotopic (exact) mass is 260 g/mol. The van der Waals surface area contributed by atoms with Gasteiger partial charge in [-0.1, -0.05) is 0 Å². The number of rotatable bonds is 6. The summed E-state index contributed by atoms with van der Waals surface area (Å²) in [7, 11) is 3.50. The number of halogens is 1. The molecular formula is C11H17ClN2O3. The average molecular weight is 261 g/mol. The molecule has 3 unspecified atom stereocenters. The van der Waals surface area contributed by atoms with Crippen molar-refractivity contribution in [3.8, 4) is 5.75 Å². The maximum atomic E-state index is 6.09. The van der Waals surface area contributed by atoms with Crippen molar-refractivity contribution in [1.29, 1.82) is 0 Å². The highest BCUT2D eigenvalue weighted by Crippen LogP contribution is 2.32. The Morgan fingerprint density at radius 2 is 2.35 bits per heavy atom. The molecule has 0 saturated heterocycles. The van der Waals surface area contributed by atoms with Crippen LogP contribution in [-0.4, -0.2) is 47.7 Å². The van der Waals surface area contributed by atoms with Gasteiger partial charge < -0.3 is 14.2 Å². The van der Waals surface area contributed by atoms with Crippen molar-refractivity contribution in [2.75, 3.05) is 20.3 Å². The fraction of sp³-hybridized carbons (Fsp3) is 0.727. The third-order valence-electron chi connectivity index (χ3n) is 2.75. The van der Waals surface area contributed by atoms with Crippen molar-refractivity contribution in [2.24, 2.45) is 7.05 Å². The maximum Gasteiger partial charge on any atom is 0.157 e. The van der Waals surface area contributed by atoms with Crippen LogP contribution in [0.2, 0.25) is 0 Å². The Bertz CT molecular complexity index is 358. The molecule has 0 amide bonds. The van der Waals surface area contributed by atoms with Gasteiger partial charge in [0.15, 0.2) is 5.75 Å². The van der Waals surface area contributed by atoms with Crippen LogP contribution in [-0.2, 0) is 16.5 Å². The predicted molar refractivity (Wildman–Crippen MR) is 63.5 cm³/mol. The molecule has 0 bridgehead atoms. The molecule has 1 heterocycles. The smallest absolute Gasteiger partial charge is 0.157 e. The molecule has 0 radical (unpaired) electrons. The Balaban J connectivity index is 1.80. The fourth-order valence-corrected chi connectivity index (χ4v) is 2.17. The molecule has 96 valence electrons. The molecule has 1 saturated carbocycles. The van der Waals surface area contributed by atoms with Crippen molar-refractivity contribution in [3.63, 3.8) is 0 Å². The SMILES string of the molecule is COCCOC1C(Cl)CC1Oc1cnn(C)c1. The van der Waals surface area contributed by atoms with Gasteiger partial charge in [-0.3, -0.25) is 4.68 Å². The number of nitrogens with zero attached hydrogens (tertiary/aromatic N) is 2. The molecule has 2 rings (SSSR count). The van der Waals surface area contributed by atoms with Crippen LogP contribution in [0.3, 0.4) is 0 Å². The van der Waals surface area contributed by atoms with Gasteiger partial charge in [0.1, 0.15) is 12.2 Å². The van der Waals surface area contributed by atoms with Gasteiger partial charge in [0.25, 0.3) is 0 Å². The summed E-state index contributed by atoms with van der Waals surface area (Å²) in [6, 6.07) is 0. The molecular weight excluding hydrogens is 244 g/mol. The van der Waals surface area contributed by atoms with Crippen LogP contribution in [0.4, 0.5) is 0 Å². The van der Waals surface area contributed by atoms with Crippen LogP contribution in [0.5, 0.6) is 5.75 Å². The number of alkyl halides is 1. The Hall–Kier alpha value is -0.780. The molecule has 1 aliphatic rings. The van der Waals surface area contributed by atoms with E-state index in [-0.39, 0.29) is 17.6 Å². The summed E-state index contributed by atoms with van der Waals surface area (Å²) in [5.41, 5.74) is 0. The van der Waals surface area contributed by atoms with Gasteiger partial charge in [0, 0.05) is 20.6 Å². The summed E-state index contributed by atoms with van der Waals surface area (Å²) in [5.74, 6) is 0.751. The first-order valence-electron chi connectivity index (χ1n) is 5.60. The first-order valence-corrected chi connectivity index (χ1v) is 6.04. The standard InChI is InChI=1S/C11H17ClN2O3/c1-14-7-8(6-13-14)17-10-5-9(12)11(10)16-4-3-15-2/h6-7,9-11H,3-5H2,1-2H3. The molecule has 0 spiro atoms. The Morgan fingerprint density at radius 1 is 1.53 bits per heavy atom. The lowest BCUT2D eigenvalue weighted by molar-refractivity contribution is -0.0898. The van der Waals surface area contributed by atoms with E-state index in [0.29, 0.717) is 13.2 Å². The van der Waals surface area contributed by atoms with Crippen LogP contribution in [0.1, 0.15) is 6.42 Å². The van der Waals surface area contributed by atoms with Gasteiger partial charge in [-0.05, 0) is 0 Å². The molecule has 6 heteroatoms. The molecule has 0 aliphatic heterocycles. The molecule has 1 aromatic heterocycles. The van der Waals surface area contributed by atoms with Crippen LogP contribution < -0.4 is 4.74 Å². The largest absolute Gasteiger partial charge is 0.484 e. The lowest BCUT2D eigenvalue weighted by atomic mass is 9.91. The van der Waals surface area contributed by atoms with Crippen molar-refractivity contribution in [2.45, 2.75) is 24.0 Å². The summed E-state index contributed by atoms with van der Waals surface area (Å²) in [6.07, 6.45) is 4.26. The van der Waals surface area contributed by atoms with Crippen LogP contribution in [0, 0.1) is 0 Å². The summed E-state index contributed by atoms with van der Waals surface area (Å²) < 4.78 is 18.0. The van der Waals surface area contributed by atoms with Gasteiger partial charge >= 0.3 is 0 Å². The first-order chi connectivity index (χ1) is 8.20. The van der Waals surface area contributed by atoms with Gasteiger partial charge in [-0.2, -0.15) is 5.10 Å². The zero-order valence-corrected chi connectivity index (χ0v) is 10.8. The molecule has 17 heavy (non-hydrogen) atoms. The van der Waals surface area contributed by atoms with E-state index in [2.05, 4.69) is 5.10 Å². The van der Waals surface area contributed by atoms with E-state index in [1.54, 1.807) is 18.0 Å². The zero-order chi connectivity index (χ0) is 12.3. The number of ether oxygens (including phenoxy) is 3. The van der Waals surface area contributed by atoms with Gasteiger partial charge in [0.2, 0.25) is 0 Å².